The Labute approximate surface area is 131 Å². The van der Waals surface area contributed by atoms with E-state index in [9.17, 15) is 17.6 Å². The van der Waals surface area contributed by atoms with Gasteiger partial charge in [0.05, 0.1) is 21.3 Å². The summed E-state index contributed by atoms with van der Waals surface area (Å²) in [7, 11) is 0. The highest BCUT2D eigenvalue weighted by Crippen LogP contribution is 2.36. The molecule has 0 amide bonds. The minimum atomic E-state index is -4.58. The van der Waals surface area contributed by atoms with Gasteiger partial charge < -0.3 is 5.32 Å². The van der Waals surface area contributed by atoms with Gasteiger partial charge in [-0.25, -0.2) is 9.37 Å². The van der Waals surface area contributed by atoms with E-state index in [1.165, 1.54) is 0 Å². The van der Waals surface area contributed by atoms with Crippen LogP contribution in [-0.2, 0) is 6.18 Å². The average Bonchev–Trinajstić information content (AvgIpc) is 2.32. The maximum absolute atomic E-state index is 13.0. The predicted octanol–water partition coefficient (Wildman–Crippen LogP) is 5.94. The Kier molecular flexibility index (Phi) is 4.51. The first kappa shape index (κ1) is 16.1. The van der Waals surface area contributed by atoms with Crippen molar-refractivity contribution >= 4 is 46.3 Å². The van der Waals surface area contributed by atoms with Crippen LogP contribution in [-0.4, -0.2) is 4.98 Å². The summed E-state index contributed by atoms with van der Waals surface area (Å²) in [6.07, 6.45) is -4.58. The molecule has 0 aliphatic carbocycles. The number of rotatable bonds is 2. The van der Waals surface area contributed by atoms with Crippen molar-refractivity contribution in [1.29, 1.82) is 0 Å². The molecule has 0 radical (unpaired) electrons. The van der Waals surface area contributed by atoms with Crippen molar-refractivity contribution in [2.75, 3.05) is 5.32 Å². The second kappa shape index (κ2) is 5.87. The van der Waals surface area contributed by atoms with Crippen molar-refractivity contribution in [3.63, 3.8) is 0 Å². The van der Waals surface area contributed by atoms with E-state index in [1.54, 1.807) is 0 Å². The molecule has 0 aliphatic rings. The lowest BCUT2D eigenvalue weighted by atomic mass is 10.2. The van der Waals surface area contributed by atoms with Crippen molar-refractivity contribution in [1.82, 2.24) is 4.98 Å². The molecule has 0 spiro atoms. The summed E-state index contributed by atoms with van der Waals surface area (Å²) in [6, 6.07) is 3.35. The van der Waals surface area contributed by atoms with Gasteiger partial charge >= 0.3 is 6.18 Å². The summed E-state index contributed by atoms with van der Waals surface area (Å²) >= 11 is 17.1. The number of hydrogen-bond donors (Lipinski definition) is 1. The van der Waals surface area contributed by atoms with E-state index in [2.05, 4.69) is 10.3 Å². The van der Waals surface area contributed by atoms with E-state index in [4.69, 9.17) is 34.8 Å². The molecular weight excluding hydrogens is 354 g/mol. The largest absolute Gasteiger partial charge is 0.416 e. The van der Waals surface area contributed by atoms with Crippen LogP contribution in [0, 0.1) is 5.82 Å². The van der Waals surface area contributed by atoms with Crippen LogP contribution in [0.15, 0.2) is 24.3 Å². The van der Waals surface area contributed by atoms with Crippen LogP contribution < -0.4 is 5.32 Å². The summed E-state index contributed by atoms with van der Waals surface area (Å²) in [5.41, 5.74) is -0.956. The third kappa shape index (κ3) is 3.90. The summed E-state index contributed by atoms with van der Waals surface area (Å²) < 4.78 is 51.1. The molecule has 2 rings (SSSR count). The van der Waals surface area contributed by atoms with Crippen LogP contribution in [0.5, 0.6) is 0 Å². The Morgan fingerprint density at radius 2 is 1.52 bits per heavy atom. The number of alkyl halides is 3. The highest BCUT2D eigenvalue weighted by atomic mass is 35.5. The minimum absolute atomic E-state index is 0.0302. The van der Waals surface area contributed by atoms with Crippen LogP contribution >= 0.6 is 34.8 Å². The minimum Gasteiger partial charge on any atom is -0.338 e. The standard InChI is InChI=1S/C12H5Cl3F4N2/c13-7-3-6(16)4-8(14)11(7)21-10-2-5(12(17,18)19)1-9(15)20-10/h1-4H,(H,20,21). The topological polar surface area (TPSA) is 24.9 Å². The molecular formula is C12H5Cl3F4N2. The zero-order chi connectivity index (χ0) is 15.8. The highest BCUT2D eigenvalue weighted by Gasteiger charge is 2.31. The molecule has 1 heterocycles. The van der Waals surface area contributed by atoms with Crippen LogP contribution in [0.1, 0.15) is 5.56 Å². The fraction of sp³-hybridized carbons (Fsp3) is 0.0833. The highest BCUT2D eigenvalue weighted by molar-refractivity contribution is 6.39. The Morgan fingerprint density at radius 3 is 2.05 bits per heavy atom. The maximum Gasteiger partial charge on any atom is 0.416 e. The Balaban J connectivity index is 2.43. The zero-order valence-electron chi connectivity index (χ0n) is 9.90. The molecule has 1 aromatic carbocycles. The molecule has 21 heavy (non-hydrogen) atoms. The first-order valence-electron chi connectivity index (χ1n) is 5.33. The van der Waals surface area contributed by atoms with E-state index in [1.807, 2.05) is 0 Å². The molecule has 9 heteroatoms. The fourth-order valence-electron chi connectivity index (χ4n) is 1.51. The van der Waals surface area contributed by atoms with Gasteiger partial charge in [0, 0.05) is 0 Å². The van der Waals surface area contributed by atoms with E-state index < -0.39 is 17.6 Å². The lowest BCUT2D eigenvalue weighted by molar-refractivity contribution is -0.137. The van der Waals surface area contributed by atoms with Crippen molar-refractivity contribution < 1.29 is 17.6 Å². The van der Waals surface area contributed by atoms with Gasteiger partial charge in [-0.05, 0) is 24.3 Å². The number of nitrogens with zero attached hydrogens (tertiary/aromatic N) is 1. The van der Waals surface area contributed by atoms with Gasteiger partial charge in [-0.3, -0.25) is 0 Å². The molecule has 2 aromatic rings. The smallest absolute Gasteiger partial charge is 0.338 e. The summed E-state index contributed by atoms with van der Waals surface area (Å²) in [5, 5.41) is 1.93. The number of hydrogen-bond acceptors (Lipinski definition) is 2. The summed E-state index contributed by atoms with van der Waals surface area (Å²) in [5.74, 6) is -0.893. The number of nitrogens with one attached hydrogen (secondary N) is 1. The Hall–Kier alpha value is -1.24. The summed E-state index contributed by atoms with van der Waals surface area (Å²) in [4.78, 5) is 3.69. The van der Waals surface area contributed by atoms with Crippen LogP contribution in [0.2, 0.25) is 15.2 Å². The third-order valence-corrected chi connectivity index (χ3v) is 3.17. The lowest BCUT2D eigenvalue weighted by Crippen LogP contribution is -2.07. The predicted molar refractivity (Wildman–Crippen MR) is 74.0 cm³/mol. The molecule has 1 aromatic heterocycles. The van der Waals surface area contributed by atoms with Crippen LogP contribution in [0.3, 0.4) is 0 Å². The quantitative estimate of drug-likeness (QED) is 0.530. The van der Waals surface area contributed by atoms with Gasteiger partial charge in [0.25, 0.3) is 0 Å². The van der Waals surface area contributed by atoms with Crippen LogP contribution in [0.25, 0.3) is 0 Å². The van der Waals surface area contributed by atoms with Gasteiger partial charge in [0.1, 0.15) is 16.8 Å². The molecule has 1 N–H and O–H groups in total. The molecule has 112 valence electrons. The Bertz CT molecular complexity index is 666. The van der Waals surface area contributed by atoms with E-state index >= 15 is 0 Å². The number of anilines is 2. The molecule has 0 saturated carbocycles. The number of pyridine rings is 1. The van der Waals surface area contributed by atoms with Gasteiger partial charge in [-0.2, -0.15) is 13.2 Å². The molecule has 0 atom stereocenters. The average molecular weight is 360 g/mol. The number of halogens is 7. The van der Waals surface area contributed by atoms with E-state index in [0.717, 1.165) is 18.2 Å². The molecule has 0 bridgehead atoms. The van der Waals surface area contributed by atoms with Gasteiger partial charge in [0.2, 0.25) is 0 Å². The number of benzene rings is 1. The van der Waals surface area contributed by atoms with E-state index in [-0.39, 0.29) is 26.7 Å². The monoisotopic (exact) mass is 358 g/mol. The SMILES string of the molecule is Fc1cc(Cl)c(Nc2cc(C(F)(F)F)cc(Cl)n2)c(Cl)c1. The molecule has 2 nitrogen and oxygen atoms in total. The van der Waals surface area contributed by atoms with Crippen molar-refractivity contribution in [2.24, 2.45) is 0 Å². The number of aromatic nitrogens is 1. The third-order valence-electron chi connectivity index (χ3n) is 2.38. The van der Waals surface area contributed by atoms with Crippen molar-refractivity contribution in [3.8, 4) is 0 Å². The van der Waals surface area contributed by atoms with Gasteiger partial charge in [0.15, 0.2) is 0 Å². The van der Waals surface area contributed by atoms with Crippen LogP contribution in [0.4, 0.5) is 29.1 Å². The molecule has 0 fully saturated rings. The first-order valence-corrected chi connectivity index (χ1v) is 6.46. The zero-order valence-corrected chi connectivity index (χ0v) is 12.2. The molecule has 0 saturated heterocycles. The van der Waals surface area contributed by atoms with Crippen molar-refractivity contribution in [3.05, 3.63) is 50.8 Å². The lowest BCUT2D eigenvalue weighted by Gasteiger charge is -2.13. The first-order chi connectivity index (χ1) is 9.66. The molecule has 0 unspecified atom stereocenters. The van der Waals surface area contributed by atoms with Gasteiger partial charge in [-0.1, -0.05) is 34.8 Å². The molecule has 0 aliphatic heterocycles. The fourth-order valence-corrected chi connectivity index (χ4v) is 2.28. The Morgan fingerprint density at radius 1 is 0.952 bits per heavy atom. The van der Waals surface area contributed by atoms with Crippen molar-refractivity contribution in [2.45, 2.75) is 6.18 Å². The maximum atomic E-state index is 13.0. The second-order valence-corrected chi connectivity index (χ2v) is 5.13. The normalized spacial score (nSPS) is 11.6. The summed E-state index contributed by atoms with van der Waals surface area (Å²) in [6.45, 7) is 0. The van der Waals surface area contributed by atoms with Gasteiger partial charge in [-0.15, -0.1) is 0 Å². The second-order valence-electron chi connectivity index (χ2n) is 3.93. The van der Waals surface area contributed by atoms with E-state index in [0.29, 0.717) is 6.07 Å².